The summed E-state index contributed by atoms with van der Waals surface area (Å²) in [4.78, 5) is 0. The lowest BCUT2D eigenvalue weighted by molar-refractivity contribution is 0.622. The Kier molecular flexibility index (Phi) is 4.00. The van der Waals surface area contributed by atoms with Crippen LogP contribution in [0.5, 0.6) is 0 Å². The summed E-state index contributed by atoms with van der Waals surface area (Å²) in [6.07, 6.45) is 0. The number of halogens is 4. The Labute approximate surface area is 122 Å². The van der Waals surface area contributed by atoms with Crippen molar-refractivity contribution in [2.75, 3.05) is 11.1 Å². The zero-order valence-corrected chi connectivity index (χ0v) is 12.1. The van der Waals surface area contributed by atoms with Gasteiger partial charge in [-0.25, -0.2) is 4.39 Å². The minimum absolute atomic E-state index is 0.313. The molecule has 0 aromatic heterocycles. The lowest BCUT2D eigenvalue weighted by Crippen LogP contribution is -1.98. The number of rotatable bonds is 2. The third-order valence-corrected chi connectivity index (χ3v) is 3.45. The summed E-state index contributed by atoms with van der Waals surface area (Å²) in [6.45, 7) is 0. The lowest BCUT2D eigenvalue weighted by atomic mass is 10.2. The van der Waals surface area contributed by atoms with E-state index in [2.05, 4.69) is 21.2 Å². The van der Waals surface area contributed by atoms with E-state index in [1.165, 1.54) is 12.1 Å². The molecule has 0 aliphatic rings. The quantitative estimate of drug-likeness (QED) is 0.729. The van der Waals surface area contributed by atoms with E-state index in [1.807, 2.05) is 0 Å². The molecule has 2 nitrogen and oxygen atoms in total. The summed E-state index contributed by atoms with van der Waals surface area (Å²) < 4.78 is 13.7. The van der Waals surface area contributed by atoms with Gasteiger partial charge >= 0.3 is 0 Å². The van der Waals surface area contributed by atoms with Gasteiger partial charge in [-0.05, 0) is 40.2 Å². The van der Waals surface area contributed by atoms with Gasteiger partial charge in [0.1, 0.15) is 5.82 Å². The van der Waals surface area contributed by atoms with E-state index in [4.69, 9.17) is 28.9 Å². The van der Waals surface area contributed by atoms with Crippen molar-refractivity contribution in [2.45, 2.75) is 0 Å². The van der Waals surface area contributed by atoms with Gasteiger partial charge in [-0.2, -0.15) is 0 Å². The van der Waals surface area contributed by atoms with Gasteiger partial charge in [0.2, 0.25) is 0 Å². The van der Waals surface area contributed by atoms with Gasteiger partial charge in [-0.3, -0.25) is 0 Å². The van der Waals surface area contributed by atoms with Gasteiger partial charge in [0.25, 0.3) is 0 Å². The highest BCUT2D eigenvalue weighted by Gasteiger charge is 2.08. The molecule has 3 N–H and O–H groups in total. The van der Waals surface area contributed by atoms with Crippen LogP contribution in [0.2, 0.25) is 10.0 Å². The molecule has 6 heteroatoms. The minimum atomic E-state index is -0.406. The summed E-state index contributed by atoms with van der Waals surface area (Å²) >= 11 is 14.9. The molecule has 94 valence electrons. The topological polar surface area (TPSA) is 38.0 Å². The van der Waals surface area contributed by atoms with Crippen LogP contribution < -0.4 is 11.1 Å². The number of hydrogen-bond donors (Lipinski definition) is 2. The first-order valence-corrected chi connectivity index (χ1v) is 6.49. The zero-order chi connectivity index (χ0) is 13.3. The Morgan fingerprint density at radius 1 is 1.11 bits per heavy atom. The van der Waals surface area contributed by atoms with Crippen LogP contribution in [0.4, 0.5) is 21.5 Å². The van der Waals surface area contributed by atoms with Crippen LogP contribution in [0.1, 0.15) is 0 Å². The van der Waals surface area contributed by atoms with Crippen LogP contribution in [-0.4, -0.2) is 0 Å². The van der Waals surface area contributed by atoms with E-state index in [0.717, 1.165) is 0 Å². The van der Waals surface area contributed by atoms with Crippen LogP contribution in [0.25, 0.3) is 0 Å². The highest BCUT2D eigenvalue weighted by atomic mass is 79.9. The van der Waals surface area contributed by atoms with Gasteiger partial charge in [0.15, 0.2) is 0 Å². The van der Waals surface area contributed by atoms with Crippen LogP contribution in [0, 0.1) is 5.82 Å². The van der Waals surface area contributed by atoms with Gasteiger partial charge in [0, 0.05) is 11.1 Å². The number of hydrogen-bond acceptors (Lipinski definition) is 2. The van der Waals surface area contributed by atoms with E-state index < -0.39 is 5.82 Å². The summed E-state index contributed by atoms with van der Waals surface area (Å²) in [5.74, 6) is -0.406. The van der Waals surface area contributed by atoms with Crippen LogP contribution in [-0.2, 0) is 0 Å². The van der Waals surface area contributed by atoms with Crippen molar-refractivity contribution in [3.05, 3.63) is 50.7 Å². The molecule has 0 fully saturated rings. The number of nitrogens with one attached hydrogen (secondary N) is 1. The molecule has 18 heavy (non-hydrogen) atoms. The maximum atomic E-state index is 13.4. The third-order valence-electron chi connectivity index (χ3n) is 2.29. The lowest BCUT2D eigenvalue weighted by Gasteiger charge is -2.11. The predicted octanol–water partition coefficient (Wildman–Crippen LogP) is 5.22. The standard InChI is InChI=1S/C12H8BrCl2FN2/c13-7-4-10(17)12(5-9(7)16)18-11-2-1-6(14)3-8(11)15/h1-5,18H,17H2. The van der Waals surface area contributed by atoms with E-state index in [9.17, 15) is 4.39 Å². The number of anilines is 3. The summed E-state index contributed by atoms with van der Waals surface area (Å²) in [7, 11) is 0. The van der Waals surface area contributed by atoms with Crippen LogP contribution >= 0.6 is 39.1 Å². The summed E-state index contributed by atoms with van der Waals surface area (Å²) in [6, 6.07) is 7.76. The molecule has 0 radical (unpaired) electrons. The normalized spacial score (nSPS) is 10.4. The Balaban J connectivity index is 2.37. The summed E-state index contributed by atoms with van der Waals surface area (Å²) in [5.41, 5.74) is 7.25. The van der Waals surface area contributed by atoms with Gasteiger partial charge in [-0.1, -0.05) is 23.2 Å². The summed E-state index contributed by atoms with van der Waals surface area (Å²) in [5, 5.41) is 3.92. The smallest absolute Gasteiger partial charge is 0.139 e. The van der Waals surface area contributed by atoms with E-state index in [1.54, 1.807) is 18.2 Å². The first kappa shape index (κ1) is 13.5. The van der Waals surface area contributed by atoms with Crippen molar-refractivity contribution < 1.29 is 4.39 Å². The molecule has 2 aromatic carbocycles. The molecule has 0 heterocycles. The fourth-order valence-corrected chi connectivity index (χ4v) is 2.22. The first-order chi connectivity index (χ1) is 8.47. The maximum absolute atomic E-state index is 13.4. The molecule has 0 aliphatic carbocycles. The van der Waals surface area contributed by atoms with E-state index in [0.29, 0.717) is 31.6 Å². The molecule has 0 saturated heterocycles. The molecule has 0 spiro atoms. The molecule has 2 rings (SSSR count). The molecule has 0 aliphatic heterocycles. The Morgan fingerprint density at radius 3 is 2.50 bits per heavy atom. The van der Waals surface area contributed by atoms with Gasteiger partial charge < -0.3 is 11.1 Å². The second-order valence-corrected chi connectivity index (χ2v) is 5.30. The fourth-order valence-electron chi connectivity index (χ4n) is 1.41. The van der Waals surface area contributed by atoms with Crippen molar-refractivity contribution in [1.82, 2.24) is 0 Å². The Morgan fingerprint density at radius 2 is 1.83 bits per heavy atom. The zero-order valence-electron chi connectivity index (χ0n) is 8.98. The van der Waals surface area contributed by atoms with Gasteiger partial charge in [0.05, 0.1) is 26.6 Å². The van der Waals surface area contributed by atoms with Crippen molar-refractivity contribution in [3.63, 3.8) is 0 Å². The monoisotopic (exact) mass is 348 g/mol. The molecule has 0 unspecified atom stereocenters. The van der Waals surface area contributed by atoms with Crippen LogP contribution in [0.15, 0.2) is 34.8 Å². The van der Waals surface area contributed by atoms with Crippen LogP contribution in [0.3, 0.4) is 0 Å². The number of benzene rings is 2. The highest BCUT2D eigenvalue weighted by molar-refractivity contribution is 9.10. The van der Waals surface area contributed by atoms with E-state index in [-0.39, 0.29) is 0 Å². The molecule has 2 aromatic rings. The Bertz CT molecular complexity index is 605. The number of nitrogens with two attached hydrogens (primary N) is 1. The number of nitrogen functional groups attached to an aromatic ring is 1. The SMILES string of the molecule is Nc1cc(Br)c(F)cc1Nc1ccc(Cl)cc1Cl. The molecule has 0 saturated carbocycles. The third kappa shape index (κ3) is 2.88. The minimum Gasteiger partial charge on any atom is -0.397 e. The molecule has 0 bridgehead atoms. The van der Waals surface area contributed by atoms with Gasteiger partial charge in [-0.15, -0.1) is 0 Å². The van der Waals surface area contributed by atoms with Crippen molar-refractivity contribution >= 4 is 56.2 Å². The fraction of sp³-hybridized carbons (Fsp3) is 0. The van der Waals surface area contributed by atoms with E-state index >= 15 is 0 Å². The van der Waals surface area contributed by atoms with Crippen molar-refractivity contribution in [3.8, 4) is 0 Å². The molecular weight excluding hydrogens is 342 g/mol. The first-order valence-electron chi connectivity index (χ1n) is 4.94. The molecule has 0 amide bonds. The second-order valence-electron chi connectivity index (χ2n) is 3.60. The predicted molar refractivity (Wildman–Crippen MR) is 78.3 cm³/mol. The largest absolute Gasteiger partial charge is 0.397 e. The van der Waals surface area contributed by atoms with Crippen molar-refractivity contribution in [1.29, 1.82) is 0 Å². The molecule has 0 atom stereocenters. The molecular formula is C12H8BrCl2FN2. The Hall–Kier alpha value is -0.970. The van der Waals surface area contributed by atoms with Crippen molar-refractivity contribution in [2.24, 2.45) is 0 Å². The highest BCUT2D eigenvalue weighted by Crippen LogP contribution is 2.32. The maximum Gasteiger partial charge on any atom is 0.139 e. The average Bonchev–Trinajstić information content (AvgIpc) is 2.29. The second kappa shape index (κ2) is 5.34. The average molecular weight is 350 g/mol.